The summed E-state index contributed by atoms with van der Waals surface area (Å²) in [6, 6.07) is 12.4. The van der Waals surface area contributed by atoms with Crippen LogP contribution in [0, 0.1) is 5.92 Å². The van der Waals surface area contributed by atoms with E-state index in [4.69, 9.17) is 15.2 Å². The lowest BCUT2D eigenvalue weighted by atomic mass is 9.84. The van der Waals surface area contributed by atoms with Gasteiger partial charge in [-0.05, 0) is 35.7 Å². The summed E-state index contributed by atoms with van der Waals surface area (Å²) in [5, 5.41) is 10.3. The van der Waals surface area contributed by atoms with Crippen LogP contribution in [-0.2, 0) is 6.42 Å². The number of hydrogen-bond acceptors (Lipinski definition) is 6. The Morgan fingerprint density at radius 3 is 2.59 bits per heavy atom. The van der Waals surface area contributed by atoms with E-state index in [0.29, 0.717) is 0 Å². The van der Waals surface area contributed by atoms with Gasteiger partial charge in [0, 0.05) is 42.1 Å². The number of methoxy groups -OCH3 is 2. The van der Waals surface area contributed by atoms with E-state index in [1.165, 1.54) is 11.1 Å². The van der Waals surface area contributed by atoms with Crippen LogP contribution in [0.15, 0.2) is 36.4 Å². The van der Waals surface area contributed by atoms with Crippen LogP contribution in [0.2, 0.25) is 0 Å². The molecule has 4 rings (SSSR count). The number of nitrogens with two attached hydrogens (primary N) is 1. The maximum Gasteiger partial charge on any atom is 0.161 e. The Hall–Kier alpha value is -1.89. The number of hydrogen-bond donors (Lipinski definition) is 2. The van der Waals surface area contributed by atoms with Gasteiger partial charge in [0.25, 0.3) is 0 Å². The standard InChI is InChI=1S/C21H26N2O3S/c1-25-18-9-13-7-8-23-20(16(13)10-19(18)26-2)14(11-24)12-27-21(23)15-5-3-4-6-17(15)22/h3-6,9-10,14,20-21,24H,7-8,11-12,22H2,1-2H3. The minimum Gasteiger partial charge on any atom is -0.493 e. The van der Waals surface area contributed by atoms with Crippen molar-refractivity contribution in [1.29, 1.82) is 0 Å². The van der Waals surface area contributed by atoms with Crippen LogP contribution in [0.3, 0.4) is 0 Å². The number of fused-ring (bicyclic) bond motifs is 3. The molecule has 144 valence electrons. The highest BCUT2D eigenvalue weighted by molar-refractivity contribution is 7.99. The normalized spacial score (nSPS) is 24.8. The van der Waals surface area contributed by atoms with Gasteiger partial charge < -0.3 is 20.3 Å². The minimum absolute atomic E-state index is 0.143. The van der Waals surface area contributed by atoms with E-state index in [-0.39, 0.29) is 23.9 Å². The molecule has 2 aliphatic heterocycles. The van der Waals surface area contributed by atoms with Crippen molar-refractivity contribution < 1.29 is 14.6 Å². The number of aliphatic hydroxyl groups is 1. The van der Waals surface area contributed by atoms with Crippen LogP contribution in [-0.4, -0.2) is 43.1 Å². The van der Waals surface area contributed by atoms with E-state index < -0.39 is 0 Å². The first-order chi connectivity index (χ1) is 13.2. The topological polar surface area (TPSA) is 67.9 Å². The zero-order valence-corrected chi connectivity index (χ0v) is 16.5. The molecule has 5 nitrogen and oxygen atoms in total. The summed E-state index contributed by atoms with van der Waals surface area (Å²) < 4.78 is 11.0. The molecule has 0 aromatic heterocycles. The number of ether oxygens (including phenoxy) is 2. The van der Waals surface area contributed by atoms with Crippen molar-refractivity contribution in [1.82, 2.24) is 4.90 Å². The third-order valence-electron chi connectivity index (χ3n) is 5.67. The molecule has 1 fully saturated rings. The Bertz CT molecular complexity index is 829. The molecule has 2 aromatic rings. The van der Waals surface area contributed by atoms with E-state index in [9.17, 15) is 5.11 Å². The van der Waals surface area contributed by atoms with Crippen LogP contribution < -0.4 is 15.2 Å². The minimum atomic E-state index is 0.143. The van der Waals surface area contributed by atoms with Crippen LogP contribution >= 0.6 is 11.8 Å². The highest BCUT2D eigenvalue weighted by Gasteiger charge is 2.42. The number of thioether (sulfide) groups is 1. The Morgan fingerprint density at radius 1 is 1.15 bits per heavy atom. The maximum absolute atomic E-state index is 10.1. The fourth-order valence-electron chi connectivity index (χ4n) is 4.34. The fraction of sp³-hybridized carbons (Fsp3) is 0.429. The van der Waals surface area contributed by atoms with Gasteiger partial charge in [0.1, 0.15) is 0 Å². The van der Waals surface area contributed by atoms with Crippen LogP contribution in [0.25, 0.3) is 0 Å². The van der Waals surface area contributed by atoms with E-state index in [1.807, 2.05) is 30.0 Å². The lowest BCUT2D eigenvalue weighted by Crippen LogP contribution is -2.46. The SMILES string of the molecule is COc1cc2c(cc1OC)C1C(CO)CSC(c3ccccc3N)N1CC2. The third kappa shape index (κ3) is 3.16. The van der Waals surface area contributed by atoms with Gasteiger partial charge in [-0.1, -0.05) is 18.2 Å². The summed E-state index contributed by atoms with van der Waals surface area (Å²) in [5.74, 6) is 2.57. The molecular weight excluding hydrogens is 360 g/mol. The molecule has 6 heteroatoms. The smallest absolute Gasteiger partial charge is 0.161 e. The summed E-state index contributed by atoms with van der Waals surface area (Å²) in [6.45, 7) is 1.09. The number of nitrogens with zero attached hydrogens (tertiary/aromatic N) is 1. The zero-order chi connectivity index (χ0) is 19.0. The molecule has 0 bridgehead atoms. The molecule has 2 aromatic carbocycles. The number of aliphatic hydroxyl groups excluding tert-OH is 1. The van der Waals surface area contributed by atoms with Crippen LogP contribution in [0.5, 0.6) is 11.5 Å². The molecule has 0 saturated carbocycles. The van der Waals surface area contributed by atoms with Crippen LogP contribution in [0.4, 0.5) is 5.69 Å². The first-order valence-corrected chi connectivity index (χ1v) is 10.3. The van der Waals surface area contributed by atoms with Crippen molar-refractivity contribution in [3.63, 3.8) is 0 Å². The van der Waals surface area contributed by atoms with Gasteiger partial charge in [0.2, 0.25) is 0 Å². The molecule has 2 aliphatic rings. The molecule has 2 heterocycles. The number of rotatable bonds is 4. The predicted octanol–water partition coefficient (Wildman–Crippen LogP) is 3.24. The summed E-state index contributed by atoms with van der Waals surface area (Å²) in [5.41, 5.74) is 10.8. The second-order valence-electron chi connectivity index (χ2n) is 7.10. The highest BCUT2D eigenvalue weighted by atomic mass is 32.2. The highest BCUT2D eigenvalue weighted by Crippen LogP contribution is 2.52. The molecular formula is C21H26N2O3S. The summed E-state index contributed by atoms with van der Waals surface area (Å²) in [4.78, 5) is 2.50. The molecule has 27 heavy (non-hydrogen) atoms. The van der Waals surface area contributed by atoms with Crippen molar-refractivity contribution in [2.24, 2.45) is 5.92 Å². The Morgan fingerprint density at radius 2 is 1.89 bits per heavy atom. The average Bonchev–Trinajstić information content (AvgIpc) is 2.72. The molecule has 0 spiro atoms. The van der Waals surface area contributed by atoms with Gasteiger partial charge in [0.05, 0.1) is 19.6 Å². The van der Waals surface area contributed by atoms with Gasteiger partial charge in [0.15, 0.2) is 11.5 Å². The maximum atomic E-state index is 10.1. The molecule has 0 aliphatic carbocycles. The molecule has 3 unspecified atom stereocenters. The van der Waals surface area contributed by atoms with Crippen LogP contribution in [0.1, 0.15) is 28.1 Å². The first-order valence-electron chi connectivity index (χ1n) is 9.25. The lowest BCUT2D eigenvalue weighted by Gasteiger charge is -2.49. The van der Waals surface area contributed by atoms with E-state index in [0.717, 1.165) is 41.5 Å². The van der Waals surface area contributed by atoms with Crippen molar-refractivity contribution in [3.8, 4) is 11.5 Å². The summed E-state index contributed by atoms with van der Waals surface area (Å²) in [6.07, 6.45) is 0.939. The largest absolute Gasteiger partial charge is 0.493 e. The molecule has 3 N–H and O–H groups in total. The lowest BCUT2D eigenvalue weighted by molar-refractivity contribution is 0.0805. The van der Waals surface area contributed by atoms with E-state index in [2.05, 4.69) is 23.1 Å². The van der Waals surface area contributed by atoms with Gasteiger partial charge in [-0.15, -0.1) is 11.8 Å². The summed E-state index contributed by atoms with van der Waals surface area (Å²) >= 11 is 1.87. The van der Waals surface area contributed by atoms with Gasteiger partial charge in [-0.2, -0.15) is 0 Å². The van der Waals surface area contributed by atoms with Gasteiger partial charge >= 0.3 is 0 Å². The third-order valence-corrected chi connectivity index (χ3v) is 7.13. The quantitative estimate of drug-likeness (QED) is 0.787. The predicted molar refractivity (Wildman–Crippen MR) is 109 cm³/mol. The molecule has 0 radical (unpaired) electrons. The molecule has 1 saturated heterocycles. The number of para-hydroxylation sites is 1. The first kappa shape index (κ1) is 18.5. The Labute approximate surface area is 164 Å². The zero-order valence-electron chi connectivity index (χ0n) is 15.7. The van der Waals surface area contributed by atoms with Gasteiger partial charge in [-0.25, -0.2) is 0 Å². The second kappa shape index (κ2) is 7.62. The summed E-state index contributed by atoms with van der Waals surface area (Å²) in [7, 11) is 3.33. The van der Waals surface area contributed by atoms with Gasteiger partial charge in [-0.3, -0.25) is 4.90 Å². The average molecular weight is 387 g/mol. The number of anilines is 1. The van der Waals surface area contributed by atoms with Crippen molar-refractivity contribution in [2.75, 3.05) is 38.9 Å². The Kier molecular flexibility index (Phi) is 5.21. The number of nitrogen functional groups attached to an aromatic ring is 1. The fourth-order valence-corrected chi connectivity index (χ4v) is 5.88. The second-order valence-corrected chi connectivity index (χ2v) is 8.21. The molecule has 3 atom stereocenters. The Balaban J connectivity index is 1.78. The van der Waals surface area contributed by atoms with E-state index >= 15 is 0 Å². The number of benzene rings is 2. The van der Waals surface area contributed by atoms with Crippen molar-refractivity contribution in [3.05, 3.63) is 53.1 Å². The van der Waals surface area contributed by atoms with Crippen molar-refractivity contribution >= 4 is 17.4 Å². The van der Waals surface area contributed by atoms with E-state index in [1.54, 1.807) is 14.2 Å². The van der Waals surface area contributed by atoms with Crippen molar-refractivity contribution in [2.45, 2.75) is 17.8 Å². The molecule has 0 amide bonds. The monoisotopic (exact) mass is 386 g/mol.